The molecule has 0 bridgehead atoms. The molecular weight excluding hydrogens is 404 g/mol. The summed E-state index contributed by atoms with van der Waals surface area (Å²) < 4.78 is 28.3. The van der Waals surface area contributed by atoms with Crippen LogP contribution in [0.5, 0.6) is 28.7 Å². The summed E-state index contributed by atoms with van der Waals surface area (Å²) in [6.07, 6.45) is -0.912. The van der Waals surface area contributed by atoms with E-state index in [9.17, 15) is 5.11 Å². The van der Waals surface area contributed by atoms with Gasteiger partial charge in [0.15, 0.2) is 17.6 Å². The maximum atomic E-state index is 10.7. The molecule has 1 N–H and O–H groups in total. The van der Waals surface area contributed by atoms with Gasteiger partial charge in [-0.15, -0.1) is 0 Å². The first kappa shape index (κ1) is 18.7. The molecule has 1 aliphatic heterocycles. The molecule has 2 atom stereocenters. The Balaban J connectivity index is 2.04. The third kappa shape index (κ3) is 3.17. The fraction of sp³-hybridized carbons (Fsp3) is 0.368. The predicted octanol–water partition coefficient (Wildman–Crippen LogP) is 3.52. The van der Waals surface area contributed by atoms with Crippen LogP contribution >= 0.6 is 15.9 Å². The van der Waals surface area contributed by atoms with Crippen LogP contribution in [0.1, 0.15) is 17.2 Å². The first-order valence-corrected chi connectivity index (χ1v) is 8.83. The van der Waals surface area contributed by atoms with Crippen molar-refractivity contribution in [3.8, 4) is 28.7 Å². The average molecular weight is 425 g/mol. The lowest BCUT2D eigenvalue weighted by atomic mass is 9.94. The number of halogens is 1. The summed E-state index contributed by atoms with van der Waals surface area (Å²) in [6.45, 7) is 0. The first-order valence-electron chi connectivity index (χ1n) is 8.04. The van der Waals surface area contributed by atoms with Crippen LogP contribution in [0, 0.1) is 0 Å². The van der Waals surface area contributed by atoms with E-state index in [1.807, 2.05) is 12.1 Å². The zero-order valence-corrected chi connectivity index (χ0v) is 16.6. The van der Waals surface area contributed by atoms with Crippen LogP contribution in [0.3, 0.4) is 0 Å². The number of methoxy groups -OCH3 is 4. The number of hydrogen-bond acceptors (Lipinski definition) is 6. The molecular formula is C19H21BrO6. The van der Waals surface area contributed by atoms with E-state index in [4.69, 9.17) is 23.7 Å². The summed E-state index contributed by atoms with van der Waals surface area (Å²) in [5.74, 6) is 3.01. The fourth-order valence-electron chi connectivity index (χ4n) is 3.11. The Kier molecular flexibility index (Phi) is 5.48. The zero-order chi connectivity index (χ0) is 18.8. The van der Waals surface area contributed by atoms with Crippen LogP contribution in [0.4, 0.5) is 0 Å². The van der Waals surface area contributed by atoms with Crippen molar-refractivity contribution in [1.29, 1.82) is 0 Å². The van der Waals surface area contributed by atoms with Gasteiger partial charge < -0.3 is 28.8 Å². The lowest BCUT2D eigenvalue weighted by molar-refractivity contribution is 0.0190. The molecule has 6 nitrogen and oxygen atoms in total. The molecule has 0 radical (unpaired) electrons. The predicted molar refractivity (Wildman–Crippen MR) is 99.9 cm³/mol. The first-order chi connectivity index (χ1) is 12.5. The SMILES string of the molecule is COc1ccc([C@H]2Oc3c(Br)c(OC)cc(OC)c3C[C@@H]2O)cc1OC. The highest BCUT2D eigenvalue weighted by Crippen LogP contribution is 2.48. The van der Waals surface area contributed by atoms with Gasteiger partial charge in [0.1, 0.15) is 21.7 Å². The van der Waals surface area contributed by atoms with Gasteiger partial charge >= 0.3 is 0 Å². The number of fused-ring (bicyclic) bond motifs is 1. The van der Waals surface area contributed by atoms with Crippen LogP contribution in [0.25, 0.3) is 0 Å². The van der Waals surface area contributed by atoms with Gasteiger partial charge in [-0.1, -0.05) is 6.07 Å². The summed E-state index contributed by atoms with van der Waals surface area (Å²) in [6, 6.07) is 7.23. The molecule has 1 heterocycles. The number of rotatable bonds is 5. The van der Waals surface area contributed by atoms with Crippen molar-refractivity contribution < 1.29 is 28.8 Å². The van der Waals surface area contributed by atoms with Gasteiger partial charge in [0.2, 0.25) is 0 Å². The third-order valence-electron chi connectivity index (χ3n) is 4.43. The Morgan fingerprint density at radius 3 is 2.19 bits per heavy atom. The van der Waals surface area contributed by atoms with Crippen molar-refractivity contribution in [3.05, 3.63) is 39.9 Å². The Hall–Kier alpha value is -2.12. The monoisotopic (exact) mass is 424 g/mol. The molecule has 2 aromatic rings. The highest BCUT2D eigenvalue weighted by molar-refractivity contribution is 9.10. The molecule has 1 aliphatic rings. The van der Waals surface area contributed by atoms with Crippen molar-refractivity contribution in [2.45, 2.75) is 18.6 Å². The quantitative estimate of drug-likeness (QED) is 0.791. The van der Waals surface area contributed by atoms with E-state index < -0.39 is 12.2 Å². The van der Waals surface area contributed by atoms with Crippen molar-refractivity contribution in [2.24, 2.45) is 0 Å². The Morgan fingerprint density at radius 1 is 0.923 bits per heavy atom. The van der Waals surface area contributed by atoms with Gasteiger partial charge in [-0.3, -0.25) is 0 Å². The molecule has 26 heavy (non-hydrogen) atoms. The smallest absolute Gasteiger partial charge is 0.161 e. The van der Waals surface area contributed by atoms with E-state index in [-0.39, 0.29) is 0 Å². The van der Waals surface area contributed by atoms with E-state index in [1.54, 1.807) is 40.6 Å². The van der Waals surface area contributed by atoms with Gasteiger partial charge in [-0.25, -0.2) is 0 Å². The summed E-state index contributed by atoms with van der Waals surface area (Å²) >= 11 is 3.53. The molecule has 140 valence electrons. The number of aliphatic hydroxyl groups excluding tert-OH is 1. The van der Waals surface area contributed by atoms with Gasteiger partial charge in [-0.2, -0.15) is 0 Å². The standard InChI is InChI=1S/C19H21BrO6/c1-22-13-6-5-10(7-15(13)24-3)18-12(21)8-11-14(23-2)9-16(25-4)17(20)19(11)26-18/h5-7,9,12,18,21H,8H2,1-4H3/t12-,18+/m0/s1. The summed E-state index contributed by atoms with van der Waals surface area (Å²) in [4.78, 5) is 0. The van der Waals surface area contributed by atoms with E-state index in [1.165, 1.54) is 0 Å². The number of hydrogen-bond donors (Lipinski definition) is 1. The summed E-state index contributed by atoms with van der Waals surface area (Å²) in [5.41, 5.74) is 1.58. The second-order valence-electron chi connectivity index (χ2n) is 5.83. The average Bonchev–Trinajstić information content (AvgIpc) is 2.67. The highest BCUT2D eigenvalue weighted by Gasteiger charge is 2.34. The second kappa shape index (κ2) is 7.63. The maximum absolute atomic E-state index is 10.7. The minimum absolute atomic E-state index is 0.389. The molecule has 0 saturated carbocycles. The molecule has 0 amide bonds. The molecule has 0 spiro atoms. The van der Waals surface area contributed by atoms with Crippen LogP contribution in [0.2, 0.25) is 0 Å². The Morgan fingerprint density at radius 2 is 1.58 bits per heavy atom. The molecule has 2 aromatic carbocycles. The zero-order valence-electron chi connectivity index (χ0n) is 15.0. The van der Waals surface area contributed by atoms with Crippen molar-refractivity contribution >= 4 is 15.9 Å². The fourth-order valence-corrected chi connectivity index (χ4v) is 3.72. The number of benzene rings is 2. The minimum Gasteiger partial charge on any atom is -0.496 e. The Bertz CT molecular complexity index is 807. The maximum Gasteiger partial charge on any atom is 0.161 e. The van der Waals surface area contributed by atoms with Gasteiger partial charge in [-0.05, 0) is 33.6 Å². The van der Waals surface area contributed by atoms with Crippen molar-refractivity contribution in [3.63, 3.8) is 0 Å². The Labute approximate surface area is 160 Å². The van der Waals surface area contributed by atoms with E-state index in [0.717, 1.165) is 11.1 Å². The lowest BCUT2D eigenvalue weighted by Crippen LogP contribution is -2.31. The third-order valence-corrected chi connectivity index (χ3v) is 5.18. The van der Waals surface area contributed by atoms with Crippen LogP contribution in [-0.4, -0.2) is 39.6 Å². The van der Waals surface area contributed by atoms with E-state index in [2.05, 4.69) is 15.9 Å². The van der Waals surface area contributed by atoms with Crippen LogP contribution < -0.4 is 23.7 Å². The largest absolute Gasteiger partial charge is 0.496 e. The van der Waals surface area contributed by atoms with Crippen molar-refractivity contribution in [2.75, 3.05) is 28.4 Å². The highest BCUT2D eigenvalue weighted by atomic mass is 79.9. The topological polar surface area (TPSA) is 66.4 Å². The van der Waals surface area contributed by atoms with Crippen LogP contribution in [-0.2, 0) is 6.42 Å². The van der Waals surface area contributed by atoms with Gasteiger partial charge in [0.25, 0.3) is 0 Å². The number of aliphatic hydroxyl groups is 1. The van der Waals surface area contributed by atoms with Crippen LogP contribution in [0.15, 0.2) is 28.7 Å². The lowest BCUT2D eigenvalue weighted by Gasteiger charge is -2.33. The van der Waals surface area contributed by atoms with Gasteiger partial charge in [0.05, 0.1) is 34.5 Å². The number of ether oxygens (including phenoxy) is 5. The summed E-state index contributed by atoms with van der Waals surface area (Å²) in [5, 5.41) is 10.7. The second-order valence-corrected chi connectivity index (χ2v) is 6.62. The molecule has 0 aliphatic carbocycles. The van der Waals surface area contributed by atoms with Gasteiger partial charge in [0, 0.05) is 18.1 Å². The molecule has 0 unspecified atom stereocenters. The molecule has 7 heteroatoms. The minimum atomic E-state index is -0.741. The van der Waals surface area contributed by atoms with E-state index >= 15 is 0 Å². The molecule has 0 fully saturated rings. The normalized spacial score (nSPS) is 18.5. The molecule has 0 saturated heterocycles. The summed E-state index contributed by atoms with van der Waals surface area (Å²) in [7, 11) is 6.31. The molecule has 0 aromatic heterocycles. The van der Waals surface area contributed by atoms with E-state index in [0.29, 0.717) is 39.6 Å². The van der Waals surface area contributed by atoms with Crippen molar-refractivity contribution in [1.82, 2.24) is 0 Å². The molecule has 3 rings (SSSR count).